The Labute approximate surface area is 151 Å². The Hall–Kier alpha value is -0.810. The lowest BCUT2D eigenvalue weighted by Gasteiger charge is -2.21. The van der Waals surface area contributed by atoms with Gasteiger partial charge in [0.15, 0.2) is 5.16 Å². The SMILES string of the molecule is CCn1c(CC2CCCCC2)nnc1SCc1ccc(Br)cc1. The Bertz CT molecular complexity index is 618. The first-order chi connectivity index (χ1) is 11.3. The molecule has 3 nitrogen and oxygen atoms in total. The molecule has 0 bridgehead atoms. The van der Waals surface area contributed by atoms with Gasteiger partial charge in [-0.2, -0.15) is 0 Å². The Morgan fingerprint density at radius 3 is 2.57 bits per heavy atom. The van der Waals surface area contributed by atoms with Crippen LogP contribution in [-0.4, -0.2) is 14.8 Å². The van der Waals surface area contributed by atoms with Crippen molar-refractivity contribution in [2.75, 3.05) is 0 Å². The maximum absolute atomic E-state index is 4.49. The van der Waals surface area contributed by atoms with Gasteiger partial charge in [0.05, 0.1) is 0 Å². The van der Waals surface area contributed by atoms with Crippen LogP contribution in [0.3, 0.4) is 0 Å². The van der Waals surface area contributed by atoms with E-state index in [-0.39, 0.29) is 0 Å². The fraction of sp³-hybridized carbons (Fsp3) is 0.556. The van der Waals surface area contributed by atoms with E-state index in [4.69, 9.17) is 0 Å². The second kappa shape index (κ2) is 8.34. The molecule has 1 fully saturated rings. The smallest absolute Gasteiger partial charge is 0.191 e. The summed E-state index contributed by atoms with van der Waals surface area (Å²) in [6.45, 7) is 3.15. The van der Waals surface area contributed by atoms with Gasteiger partial charge < -0.3 is 4.57 Å². The van der Waals surface area contributed by atoms with Gasteiger partial charge in [-0.3, -0.25) is 0 Å². The Morgan fingerprint density at radius 2 is 1.87 bits per heavy atom. The molecule has 0 aliphatic heterocycles. The molecule has 1 aromatic carbocycles. The Balaban J connectivity index is 1.64. The molecule has 1 saturated carbocycles. The highest BCUT2D eigenvalue weighted by Crippen LogP contribution is 2.28. The van der Waals surface area contributed by atoms with Crippen LogP contribution in [0.25, 0.3) is 0 Å². The lowest BCUT2D eigenvalue weighted by atomic mass is 9.87. The normalized spacial score (nSPS) is 15.9. The van der Waals surface area contributed by atoms with Crippen LogP contribution in [-0.2, 0) is 18.7 Å². The maximum Gasteiger partial charge on any atom is 0.191 e. The van der Waals surface area contributed by atoms with E-state index in [1.807, 2.05) is 0 Å². The van der Waals surface area contributed by atoms with Gasteiger partial charge in [0.25, 0.3) is 0 Å². The van der Waals surface area contributed by atoms with E-state index in [1.54, 1.807) is 11.8 Å². The average molecular weight is 394 g/mol. The summed E-state index contributed by atoms with van der Waals surface area (Å²) in [6.07, 6.45) is 7.99. The van der Waals surface area contributed by atoms with E-state index in [1.165, 1.54) is 43.5 Å². The molecule has 0 radical (unpaired) electrons. The van der Waals surface area contributed by atoms with Gasteiger partial charge in [-0.1, -0.05) is 71.9 Å². The predicted octanol–water partition coefficient (Wildman–Crippen LogP) is 5.48. The van der Waals surface area contributed by atoms with E-state index in [0.717, 1.165) is 34.3 Å². The van der Waals surface area contributed by atoms with Crippen LogP contribution in [0.15, 0.2) is 33.9 Å². The number of thioether (sulfide) groups is 1. The fourth-order valence-electron chi connectivity index (χ4n) is 3.27. The molecular weight excluding hydrogens is 370 g/mol. The van der Waals surface area contributed by atoms with Crippen LogP contribution in [0.2, 0.25) is 0 Å². The van der Waals surface area contributed by atoms with E-state index < -0.39 is 0 Å². The molecule has 2 aromatic rings. The van der Waals surface area contributed by atoms with Crippen molar-refractivity contribution >= 4 is 27.7 Å². The molecule has 0 amide bonds. The number of benzene rings is 1. The molecule has 0 N–H and O–H groups in total. The molecule has 23 heavy (non-hydrogen) atoms. The minimum absolute atomic E-state index is 0.808. The summed E-state index contributed by atoms with van der Waals surface area (Å²) < 4.78 is 3.43. The molecule has 1 aliphatic rings. The first-order valence-electron chi connectivity index (χ1n) is 8.55. The zero-order valence-corrected chi connectivity index (χ0v) is 16.1. The van der Waals surface area contributed by atoms with E-state index in [9.17, 15) is 0 Å². The second-order valence-corrected chi connectivity index (χ2v) is 8.12. The third-order valence-electron chi connectivity index (χ3n) is 4.59. The van der Waals surface area contributed by atoms with Crippen molar-refractivity contribution in [2.45, 2.75) is 62.9 Å². The second-order valence-electron chi connectivity index (χ2n) is 6.27. The molecule has 0 spiro atoms. The van der Waals surface area contributed by atoms with Gasteiger partial charge in [-0.15, -0.1) is 10.2 Å². The highest BCUT2D eigenvalue weighted by Gasteiger charge is 2.18. The molecule has 1 aromatic heterocycles. The summed E-state index contributed by atoms with van der Waals surface area (Å²) in [5, 5.41) is 10.0. The van der Waals surface area contributed by atoms with Gasteiger partial charge in [0.1, 0.15) is 5.82 Å². The van der Waals surface area contributed by atoms with Crippen molar-refractivity contribution in [1.29, 1.82) is 0 Å². The van der Waals surface area contributed by atoms with Crippen molar-refractivity contribution in [3.63, 3.8) is 0 Å². The van der Waals surface area contributed by atoms with Gasteiger partial charge >= 0.3 is 0 Å². The summed E-state index contributed by atoms with van der Waals surface area (Å²) in [4.78, 5) is 0. The van der Waals surface area contributed by atoms with E-state index in [0.29, 0.717) is 0 Å². The van der Waals surface area contributed by atoms with Crippen molar-refractivity contribution < 1.29 is 0 Å². The third kappa shape index (κ3) is 4.60. The maximum atomic E-state index is 4.49. The van der Waals surface area contributed by atoms with Crippen LogP contribution in [0, 0.1) is 5.92 Å². The summed E-state index contributed by atoms with van der Waals surface area (Å²) >= 11 is 5.27. The molecule has 0 atom stereocenters. The van der Waals surface area contributed by atoms with Crippen molar-refractivity contribution in [2.24, 2.45) is 5.92 Å². The van der Waals surface area contributed by atoms with Crippen LogP contribution in [0.4, 0.5) is 0 Å². The zero-order valence-electron chi connectivity index (χ0n) is 13.7. The number of hydrogen-bond acceptors (Lipinski definition) is 3. The highest BCUT2D eigenvalue weighted by atomic mass is 79.9. The predicted molar refractivity (Wildman–Crippen MR) is 99.7 cm³/mol. The molecule has 3 rings (SSSR count). The molecule has 1 heterocycles. The Kier molecular flexibility index (Phi) is 6.17. The monoisotopic (exact) mass is 393 g/mol. The minimum atomic E-state index is 0.808. The Morgan fingerprint density at radius 1 is 1.13 bits per heavy atom. The first-order valence-corrected chi connectivity index (χ1v) is 10.3. The molecular formula is C18H24BrN3S. The van der Waals surface area contributed by atoms with E-state index >= 15 is 0 Å². The fourth-order valence-corrected chi connectivity index (χ4v) is 4.51. The molecule has 5 heteroatoms. The lowest BCUT2D eigenvalue weighted by molar-refractivity contribution is 0.347. The topological polar surface area (TPSA) is 30.7 Å². The van der Waals surface area contributed by atoms with Crippen molar-refractivity contribution in [1.82, 2.24) is 14.8 Å². The van der Waals surface area contributed by atoms with Crippen LogP contribution >= 0.6 is 27.7 Å². The standard InChI is InChI=1S/C18H24BrN3S/c1-2-22-17(12-14-6-4-3-5-7-14)20-21-18(22)23-13-15-8-10-16(19)11-9-15/h8-11,14H,2-7,12-13H2,1H3. The van der Waals surface area contributed by atoms with Gasteiger partial charge in [-0.25, -0.2) is 0 Å². The van der Waals surface area contributed by atoms with Crippen molar-refractivity contribution in [3.05, 3.63) is 40.1 Å². The number of rotatable bonds is 6. The zero-order chi connectivity index (χ0) is 16.1. The van der Waals surface area contributed by atoms with Crippen molar-refractivity contribution in [3.8, 4) is 0 Å². The van der Waals surface area contributed by atoms with Crippen LogP contribution < -0.4 is 0 Å². The average Bonchev–Trinajstić information content (AvgIpc) is 2.97. The number of nitrogens with zero attached hydrogens (tertiary/aromatic N) is 3. The molecule has 1 aliphatic carbocycles. The number of halogens is 1. The molecule has 0 saturated heterocycles. The highest BCUT2D eigenvalue weighted by molar-refractivity contribution is 9.10. The lowest BCUT2D eigenvalue weighted by Crippen LogP contribution is -2.13. The van der Waals surface area contributed by atoms with Gasteiger partial charge in [0, 0.05) is 23.2 Å². The summed E-state index contributed by atoms with van der Waals surface area (Å²) in [5.41, 5.74) is 1.32. The third-order valence-corrected chi connectivity index (χ3v) is 6.15. The number of aromatic nitrogens is 3. The van der Waals surface area contributed by atoms with Gasteiger partial charge in [-0.05, 0) is 30.5 Å². The summed E-state index contributed by atoms with van der Waals surface area (Å²) in [7, 11) is 0. The number of hydrogen-bond donors (Lipinski definition) is 0. The van der Waals surface area contributed by atoms with Gasteiger partial charge in [0.2, 0.25) is 0 Å². The quantitative estimate of drug-likeness (QED) is 0.608. The molecule has 0 unspecified atom stereocenters. The first kappa shape index (κ1) is 17.0. The summed E-state index contributed by atoms with van der Waals surface area (Å²) in [5.74, 6) is 2.93. The largest absolute Gasteiger partial charge is 0.306 e. The van der Waals surface area contributed by atoms with E-state index in [2.05, 4.69) is 61.9 Å². The van der Waals surface area contributed by atoms with Crippen LogP contribution in [0.5, 0.6) is 0 Å². The summed E-state index contributed by atoms with van der Waals surface area (Å²) in [6, 6.07) is 8.50. The minimum Gasteiger partial charge on any atom is -0.306 e. The van der Waals surface area contributed by atoms with Crippen LogP contribution in [0.1, 0.15) is 50.4 Å². The molecule has 124 valence electrons.